The summed E-state index contributed by atoms with van der Waals surface area (Å²) in [7, 11) is 2.99. The standard InChI is InChI=1S/C15H23FN2O3/c1-20-13-9-11(10-14(21-2)15(13)19)12(3-4-16)18-7-5-17-6-8-18/h9-10,12,17,19H,3-8H2,1-2H3/t12-/m1/s1. The van der Waals surface area contributed by atoms with Gasteiger partial charge in [-0.2, -0.15) is 0 Å². The summed E-state index contributed by atoms with van der Waals surface area (Å²) >= 11 is 0. The normalized spacial score (nSPS) is 17.5. The lowest BCUT2D eigenvalue weighted by molar-refractivity contribution is 0.157. The number of nitrogens with one attached hydrogen (secondary N) is 1. The molecule has 2 N–H and O–H groups in total. The Kier molecular flexibility index (Phi) is 5.64. The molecular weight excluding hydrogens is 275 g/mol. The quantitative estimate of drug-likeness (QED) is 0.837. The van der Waals surface area contributed by atoms with Gasteiger partial charge in [-0.05, 0) is 24.1 Å². The van der Waals surface area contributed by atoms with Crippen molar-refractivity contribution in [3.8, 4) is 17.2 Å². The third-order valence-corrected chi connectivity index (χ3v) is 3.86. The van der Waals surface area contributed by atoms with Crippen molar-refractivity contribution in [1.29, 1.82) is 0 Å². The molecule has 0 spiro atoms. The summed E-state index contributed by atoms with van der Waals surface area (Å²) in [5, 5.41) is 13.3. The van der Waals surface area contributed by atoms with E-state index in [2.05, 4.69) is 10.2 Å². The highest BCUT2D eigenvalue weighted by atomic mass is 19.1. The van der Waals surface area contributed by atoms with Crippen LogP contribution in [0.25, 0.3) is 0 Å². The number of rotatable bonds is 6. The molecule has 0 aromatic heterocycles. The second kappa shape index (κ2) is 7.47. The molecule has 0 aliphatic carbocycles. The molecule has 0 unspecified atom stereocenters. The van der Waals surface area contributed by atoms with Crippen LogP contribution >= 0.6 is 0 Å². The number of phenols is 1. The Morgan fingerprint density at radius 2 is 1.81 bits per heavy atom. The lowest BCUT2D eigenvalue weighted by atomic mass is 10.0. The van der Waals surface area contributed by atoms with E-state index in [1.54, 1.807) is 12.1 Å². The molecule has 0 amide bonds. The second-order valence-corrected chi connectivity index (χ2v) is 5.05. The number of hydrogen-bond acceptors (Lipinski definition) is 5. The fourth-order valence-electron chi connectivity index (χ4n) is 2.76. The topological polar surface area (TPSA) is 54.0 Å². The molecule has 21 heavy (non-hydrogen) atoms. The van der Waals surface area contributed by atoms with E-state index in [0.717, 1.165) is 31.7 Å². The van der Waals surface area contributed by atoms with Gasteiger partial charge in [-0.15, -0.1) is 0 Å². The maximum atomic E-state index is 13.0. The Labute approximate surface area is 124 Å². The Hall–Kier alpha value is -1.53. The van der Waals surface area contributed by atoms with E-state index < -0.39 is 0 Å². The van der Waals surface area contributed by atoms with Crippen molar-refractivity contribution in [1.82, 2.24) is 10.2 Å². The van der Waals surface area contributed by atoms with Gasteiger partial charge in [-0.3, -0.25) is 9.29 Å². The Morgan fingerprint density at radius 3 is 2.29 bits per heavy atom. The van der Waals surface area contributed by atoms with E-state index in [-0.39, 0.29) is 18.5 Å². The number of alkyl halides is 1. The predicted octanol–water partition coefficient (Wildman–Crippen LogP) is 1.72. The molecule has 2 rings (SSSR count). The third-order valence-electron chi connectivity index (χ3n) is 3.86. The molecule has 5 nitrogen and oxygen atoms in total. The second-order valence-electron chi connectivity index (χ2n) is 5.05. The average molecular weight is 298 g/mol. The fraction of sp³-hybridized carbons (Fsp3) is 0.600. The minimum Gasteiger partial charge on any atom is -0.502 e. The number of nitrogens with zero attached hydrogens (tertiary/aromatic N) is 1. The Morgan fingerprint density at radius 1 is 1.24 bits per heavy atom. The summed E-state index contributed by atoms with van der Waals surface area (Å²) in [6, 6.07) is 3.49. The van der Waals surface area contributed by atoms with Crippen molar-refractivity contribution in [3.05, 3.63) is 17.7 Å². The summed E-state index contributed by atoms with van der Waals surface area (Å²) in [4.78, 5) is 2.25. The first-order chi connectivity index (χ1) is 10.2. The Balaban J connectivity index is 2.34. The third kappa shape index (κ3) is 3.57. The summed E-state index contributed by atoms with van der Waals surface area (Å²) in [5.74, 6) is 0.676. The SMILES string of the molecule is COc1cc([C@@H](CCF)N2CCNCC2)cc(OC)c1O. The first-order valence-corrected chi connectivity index (χ1v) is 7.16. The highest BCUT2D eigenvalue weighted by molar-refractivity contribution is 5.53. The van der Waals surface area contributed by atoms with Crippen LogP contribution in [0.5, 0.6) is 17.2 Å². The number of phenolic OH excluding ortho intramolecular Hbond substituents is 1. The molecule has 1 fully saturated rings. The average Bonchev–Trinajstić information content (AvgIpc) is 2.54. The molecule has 1 aliphatic heterocycles. The van der Waals surface area contributed by atoms with Crippen LogP contribution in [0.1, 0.15) is 18.0 Å². The molecular formula is C15H23FN2O3. The molecule has 0 radical (unpaired) electrons. The van der Waals surface area contributed by atoms with E-state index in [1.807, 2.05) is 0 Å². The largest absolute Gasteiger partial charge is 0.502 e. The van der Waals surface area contributed by atoms with Crippen LogP contribution in [-0.2, 0) is 0 Å². The number of halogens is 1. The molecule has 1 saturated heterocycles. The molecule has 1 aliphatic rings. The first kappa shape index (κ1) is 15.9. The van der Waals surface area contributed by atoms with Gasteiger partial charge in [0.1, 0.15) is 0 Å². The molecule has 1 heterocycles. The minimum absolute atomic E-state index is 0.0249. The summed E-state index contributed by atoms with van der Waals surface area (Å²) in [6.07, 6.45) is 0.414. The molecule has 6 heteroatoms. The monoisotopic (exact) mass is 298 g/mol. The highest BCUT2D eigenvalue weighted by Crippen LogP contribution is 2.40. The molecule has 118 valence electrons. The van der Waals surface area contributed by atoms with Crippen LogP contribution in [0.3, 0.4) is 0 Å². The number of benzene rings is 1. The van der Waals surface area contributed by atoms with Gasteiger partial charge in [0.25, 0.3) is 0 Å². The fourth-order valence-corrected chi connectivity index (χ4v) is 2.76. The number of ether oxygens (including phenoxy) is 2. The summed E-state index contributed by atoms with van der Waals surface area (Å²) < 4.78 is 23.4. The number of piperazine rings is 1. The number of hydrogen-bond donors (Lipinski definition) is 2. The van der Waals surface area contributed by atoms with Crippen LogP contribution in [0.4, 0.5) is 4.39 Å². The number of aromatic hydroxyl groups is 1. The Bertz CT molecular complexity index is 439. The van der Waals surface area contributed by atoms with Crippen LogP contribution in [0, 0.1) is 0 Å². The van der Waals surface area contributed by atoms with Crippen molar-refractivity contribution in [2.45, 2.75) is 12.5 Å². The molecule has 0 saturated carbocycles. The van der Waals surface area contributed by atoms with E-state index in [9.17, 15) is 9.50 Å². The predicted molar refractivity (Wildman–Crippen MR) is 79.0 cm³/mol. The van der Waals surface area contributed by atoms with E-state index >= 15 is 0 Å². The van der Waals surface area contributed by atoms with Crippen molar-refractivity contribution >= 4 is 0 Å². The van der Waals surface area contributed by atoms with Crippen LogP contribution in [0.15, 0.2) is 12.1 Å². The number of methoxy groups -OCH3 is 2. The zero-order valence-electron chi connectivity index (χ0n) is 12.6. The van der Waals surface area contributed by atoms with E-state index in [4.69, 9.17) is 9.47 Å². The van der Waals surface area contributed by atoms with Gasteiger partial charge in [0.2, 0.25) is 5.75 Å². The van der Waals surface area contributed by atoms with Gasteiger partial charge in [0.05, 0.1) is 20.9 Å². The van der Waals surface area contributed by atoms with Crippen molar-refractivity contribution in [2.24, 2.45) is 0 Å². The molecule has 1 atom stereocenters. The zero-order chi connectivity index (χ0) is 15.2. The van der Waals surface area contributed by atoms with Gasteiger partial charge < -0.3 is 19.9 Å². The molecule has 1 aromatic carbocycles. The van der Waals surface area contributed by atoms with Gasteiger partial charge in [0, 0.05) is 32.2 Å². The van der Waals surface area contributed by atoms with Gasteiger partial charge >= 0.3 is 0 Å². The van der Waals surface area contributed by atoms with Crippen LogP contribution < -0.4 is 14.8 Å². The first-order valence-electron chi connectivity index (χ1n) is 7.16. The van der Waals surface area contributed by atoms with Gasteiger partial charge in [0.15, 0.2) is 11.5 Å². The smallest absolute Gasteiger partial charge is 0.200 e. The zero-order valence-corrected chi connectivity index (χ0v) is 12.6. The van der Waals surface area contributed by atoms with Crippen molar-refractivity contribution in [2.75, 3.05) is 47.1 Å². The van der Waals surface area contributed by atoms with E-state index in [1.165, 1.54) is 14.2 Å². The lowest BCUT2D eigenvalue weighted by Gasteiger charge is -2.35. The molecule has 1 aromatic rings. The summed E-state index contributed by atoms with van der Waals surface area (Å²) in [5.41, 5.74) is 0.904. The minimum atomic E-state index is -0.389. The molecule has 0 bridgehead atoms. The van der Waals surface area contributed by atoms with Crippen LogP contribution in [0.2, 0.25) is 0 Å². The highest BCUT2D eigenvalue weighted by Gasteiger charge is 2.24. The van der Waals surface area contributed by atoms with E-state index in [0.29, 0.717) is 17.9 Å². The van der Waals surface area contributed by atoms with Crippen LogP contribution in [-0.4, -0.2) is 57.1 Å². The van der Waals surface area contributed by atoms with Gasteiger partial charge in [-0.25, -0.2) is 0 Å². The summed E-state index contributed by atoms with van der Waals surface area (Å²) in [6.45, 7) is 3.15. The maximum Gasteiger partial charge on any atom is 0.200 e. The van der Waals surface area contributed by atoms with Crippen molar-refractivity contribution in [3.63, 3.8) is 0 Å². The maximum absolute atomic E-state index is 13.0. The van der Waals surface area contributed by atoms with Crippen molar-refractivity contribution < 1.29 is 19.0 Å². The lowest BCUT2D eigenvalue weighted by Crippen LogP contribution is -2.45. The van der Waals surface area contributed by atoms with Gasteiger partial charge in [-0.1, -0.05) is 0 Å².